The van der Waals surface area contributed by atoms with Gasteiger partial charge in [0.15, 0.2) is 0 Å². The average Bonchev–Trinajstić information content (AvgIpc) is 3.09. The molecule has 0 spiro atoms. The first-order valence-electron chi connectivity index (χ1n) is 7.99. The number of benzene rings is 2. The molecule has 2 aromatic carbocycles. The third-order valence-corrected chi connectivity index (χ3v) is 4.64. The maximum absolute atomic E-state index is 6.00. The van der Waals surface area contributed by atoms with Gasteiger partial charge in [-0.15, -0.1) is 0 Å². The molecule has 5 nitrogen and oxygen atoms in total. The number of aryl methyl sites for hydroxylation is 1. The van der Waals surface area contributed by atoms with Crippen LogP contribution in [0.5, 0.6) is 5.75 Å². The van der Waals surface area contributed by atoms with E-state index in [4.69, 9.17) is 4.74 Å². The Hall–Kier alpha value is -3.08. The standard InChI is InChI=1S/C19H16N4O/c1-12-6-8-13(9-7-12)18-15-10-24-16-5-3-2-4-14(16)17(15)22-19-20-11-21-23(18)19/h2-9,11,18H,10H2,1H3,(H,20,21,22). The number of hydrogen-bond acceptors (Lipinski definition) is 4. The first-order valence-corrected chi connectivity index (χ1v) is 7.99. The van der Waals surface area contributed by atoms with Gasteiger partial charge in [-0.1, -0.05) is 42.0 Å². The fraction of sp³-hybridized carbons (Fsp3) is 0.158. The van der Waals surface area contributed by atoms with Crippen molar-refractivity contribution in [1.82, 2.24) is 14.8 Å². The number of hydrogen-bond donors (Lipinski definition) is 1. The molecule has 1 unspecified atom stereocenters. The van der Waals surface area contributed by atoms with Crippen molar-refractivity contribution in [1.29, 1.82) is 0 Å². The fourth-order valence-corrected chi connectivity index (χ4v) is 3.44. The van der Waals surface area contributed by atoms with Crippen LogP contribution in [0.3, 0.4) is 0 Å². The molecule has 0 saturated carbocycles. The van der Waals surface area contributed by atoms with Gasteiger partial charge in [0, 0.05) is 11.1 Å². The average molecular weight is 316 g/mol. The number of ether oxygens (including phenoxy) is 1. The van der Waals surface area contributed by atoms with Crippen LogP contribution < -0.4 is 10.1 Å². The van der Waals surface area contributed by atoms with Crippen LogP contribution in [-0.2, 0) is 0 Å². The van der Waals surface area contributed by atoms with Crippen molar-refractivity contribution < 1.29 is 4.74 Å². The summed E-state index contributed by atoms with van der Waals surface area (Å²) in [5.74, 6) is 1.66. The molecule has 3 heterocycles. The fourth-order valence-electron chi connectivity index (χ4n) is 3.44. The van der Waals surface area contributed by atoms with Crippen LogP contribution in [0.4, 0.5) is 5.95 Å². The van der Waals surface area contributed by atoms with E-state index in [0.717, 1.165) is 23.0 Å². The molecule has 0 fully saturated rings. The molecular weight excluding hydrogens is 300 g/mol. The number of anilines is 1. The highest BCUT2D eigenvalue weighted by molar-refractivity contribution is 5.84. The molecule has 0 amide bonds. The Kier molecular flexibility index (Phi) is 2.76. The lowest BCUT2D eigenvalue weighted by atomic mass is 9.91. The molecule has 1 aromatic heterocycles. The van der Waals surface area contributed by atoms with Crippen molar-refractivity contribution in [2.24, 2.45) is 0 Å². The van der Waals surface area contributed by atoms with Crippen LogP contribution in [0.15, 0.2) is 60.4 Å². The normalized spacial score (nSPS) is 18.1. The summed E-state index contributed by atoms with van der Waals surface area (Å²) >= 11 is 0. The molecule has 118 valence electrons. The third kappa shape index (κ3) is 1.88. The van der Waals surface area contributed by atoms with Gasteiger partial charge in [0.05, 0.1) is 5.70 Å². The summed E-state index contributed by atoms with van der Waals surface area (Å²) in [6, 6.07) is 16.7. The summed E-state index contributed by atoms with van der Waals surface area (Å²) in [6.07, 6.45) is 1.59. The molecule has 0 aliphatic carbocycles. The summed E-state index contributed by atoms with van der Waals surface area (Å²) in [5, 5.41) is 7.87. The number of aromatic nitrogens is 3. The lowest BCUT2D eigenvalue weighted by Gasteiger charge is -2.34. The number of nitrogens with zero attached hydrogens (tertiary/aromatic N) is 3. The van der Waals surface area contributed by atoms with E-state index in [-0.39, 0.29) is 6.04 Å². The quantitative estimate of drug-likeness (QED) is 0.747. The SMILES string of the molecule is Cc1ccc(C2C3=C(Nc4ncnn42)c2ccccc2OC3)cc1. The van der Waals surface area contributed by atoms with Gasteiger partial charge < -0.3 is 10.1 Å². The number of fused-ring (bicyclic) bond motifs is 3. The maximum atomic E-state index is 6.00. The molecule has 0 radical (unpaired) electrons. The van der Waals surface area contributed by atoms with Crippen LogP contribution in [0.2, 0.25) is 0 Å². The largest absolute Gasteiger partial charge is 0.488 e. The molecule has 5 heteroatoms. The molecule has 1 atom stereocenters. The predicted octanol–water partition coefficient (Wildman–Crippen LogP) is 3.41. The van der Waals surface area contributed by atoms with E-state index in [2.05, 4.69) is 52.7 Å². The summed E-state index contributed by atoms with van der Waals surface area (Å²) in [6.45, 7) is 2.63. The molecular formula is C19H16N4O. The molecule has 5 rings (SSSR count). The first-order chi connectivity index (χ1) is 11.8. The Bertz CT molecular complexity index is 956. The molecule has 0 bridgehead atoms. The van der Waals surface area contributed by atoms with E-state index in [1.54, 1.807) is 6.33 Å². The monoisotopic (exact) mass is 316 g/mol. The van der Waals surface area contributed by atoms with Crippen LogP contribution >= 0.6 is 0 Å². The van der Waals surface area contributed by atoms with Crippen molar-refractivity contribution in [2.75, 3.05) is 11.9 Å². The van der Waals surface area contributed by atoms with Gasteiger partial charge in [-0.2, -0.15) is 10.1 Å². The first kappa shape index (κ1) is 13.4. The van der Waals surface area contributed by atoms with Gasteiger partial charge in [-0.25, -0.2) is 4.68 Å². The maximum Gasteiger partial charge on any atom is 0.226 e. The number of para-hydroxylation sites is 1. The third-order valence-electron chi connectivity index (χ3n) is 4.64. The van der Waals surface area contributed by atoms with Crippen molar-refractivity contribution in [3.63, 3.8) is 0 Å². The topological polar surface area (TPSA) is 52.0 Å². The number of nitrogens with one attached hydrogen (secondary N) is 1. The Balaban J connectivity index is 1.73. The van der Waals surface area contributed by atoms with Gasteiger partial charge in [0.1, 0.15) is 24.7 Å². The molecule has 0 saturated heterocycles. The highest BCUT2D eigenvalue weighted by Crippen LogP contribution is 2.43. The van der Waals surface area contributed by atoms with Crippen molar-refractivity contribution in [3.8, 4) is 5.75 Å². The minimum atomic E-state index is -0.00675. The minimum Gasteiger partial charge on any atom is -0.488 e. The smallest absolute Gasteiger partial charge is 0.226 e. The predicted molar refractivity (Wildman–Crippen MR) is 91.8 cm³/mol. The van der Waals surface area contributed by atoms with E-state index >= 15 is 0 Å². The second-order valence-corrected chi connectivity index (χ2v) is 6.15. The van der Waals surface area contributed by atoms with Gasteiger partial charge in [0.2, 0.25) is 5.95 Å². The summed E-state index contributed by atoms with van der Waals surface area (Å²) < 4.78 is 7.93. The Morgan fingerprint density at radius 1 is 1.12 bits per heavy atom. The zero-order valence-electron chi connectivity index (χ0n) is 13.2. The Morgan fingerprint density at radius 2 is 1.96 bits per heavy atom. The lowest BCUT2D eigenvalue weighted by Crippen LogP contribution is -2.30. The Morgan fingerprint density at radius 3 is 2.83 bits per heavy atom. The van der Waals surface area contributed by atoms with E-state index in [1.807, 2.05) is 22.9 Å². The molecule has 2 aliphatic heterocycles. The van der Waals surface area contributed by atoms with Crippen molar-refractivity contribution >= 4 is 11.6 Å². The summed E-state index contributed by atoms with van der Waals surface area (Å²) in [7, 11) is 0. The van der Waals surface area contributed by atoms with Crippen molar-refractivity contribution in [2.45, 2.75) is 13.0 Å². The van der Waals surface area contributed by atoms with Crippen LogP contribution in [-0.4, -0.2) is 21.4 Å². The van der Waals surface area contributed by atoms with Crippen LogP contribution in [0.1, 0.15) is 22.7 Å². The van der Waals surface area contributed by atoms with Gasteiger partial charge in [0.25, 0.3) is 0 Å². The highest BCUT2D eigenvalue weighted by atomic mass is 16.5. The second kappa shape index (κ2) is 4.96. The van der Waals surface area contributed by atoms with Crippen LogP contribution in [0, 0.1) is 6.92 Å². The zero-order valence-corrected chi connectivity index (χ0v) is 13.2. The van der Waals surface area contributed by atoms with Gasteiger partial charge >= 0.3 is 0 Å². The van der Waals surface area contributed by atoms with E-state index in [0.29, 0.717) is 6.61 Å². The molecule has 2 aliphatic rings. The van der Waals surface area contributed by atoms with Gasteiger partial charge in [-0.05, 0) is 24.6 Å². The lowest BCUT2D eigenvalue weighted by molar-refractivity contribution is 0.328. The van der Waals surface area contributed by atoms with E-state index in [9.17, 15) is 0 Å². The molecule has 1 N–H and O–H groups in total. The highest BCUT2D eigenvalue weighted by Gasteiger charge is 2.34. The van der Waals surface area contributed by atoms with Crippen molar-refractivity contribution in [3.05, 3.63) is 77.1 Å². The zero-order chi connectivity index (χ0) is 16.1. The Labute approximate surface area is 139 Å². The van der Waals surface area contributed by atoms with E-state index < -0.39 is 0 Å². The molecule has 3 aromatic rings. The van der Waals surface area contributed by atoms with Crippen LogP contribution in [0.25, 0.3) is 5.70 Å². The molecule has 24 heavy (non-hydrogen) atoms. The number of rotatable bonds is 1. The summed E-state index contributed by atoms with van der Waals surface area (Å²) in [5.41, 5.74) is 5.76. The van der Waals surface area contributed by atoms with Gasteiger partial charge in [-0.3, -0.25) is 0 Å². The van der Waals surface area contributed by atoms with E-state index in [1.165, 1.54) is 16.7 Å². The summed E-state index contributed by atoms with van der Waals surface area (Å²) in [4.78, 5) is 4.38. The minimum absolute atomic E-state index is 0.00675. The second-order valence-electron chi connectivity index (χ2n) is 6.15.